The fourth-order valence-corrected chi connectivity index (χ4v) is 2.66. The average molecular weight is 309 g/mol. The van der Waals surface area contributed by atoms with Crippen LogP contribution in [0.15, 0.2) is 18.2 Å². The smallest absolute Gasteiger partial charge is 0.310 e. The second-order valence-corrected chi connectivity index (χ2v) is 6.40. The van der Waals surface area contributed by atoms with E-state index in [0.717, 1.165) is 23.4 Å². The van der Waals surface area contributed by atoms with Crippen molar-refractivity contribution >= 4 is 28.6 Å². The first-order valence-corrected chi connectivity index (χ1v) is 7.55. The third-order valence-electron chi connectivity index (χ3n) is 4.39. The second kappa shape index (κ2) is 5.68. The van der Waals surface area contributed by atoms with Gasteiger partial charge in [-0.3, -0.25) is 4.79 Å². The molecular weight excluding hydrogens is 288 g/mol. The van der Waals surface area contributed by atoms with Gasteiger partial charge in [0.2, 0.25) is 0 Å². The molecule has 0 radical (unpaired) electrons. The first-order chi connectivity index (χ1) is 9.79. The number of carboxylic acids is 1. The van der Waals surface area contributed by atoms with E-state index in [1.165, 1.54) is 0 Å². The highest BCUT2D eigenvalue weighted by Crippen LogP contribution is 2.33. The summed E-state index contributed by atoms with van der Waals surface area (Å²) in [6.45, 7) is 8.44. The number of fused-ring (bicyclic) bond motifs is 1. The van der Waals surface area contributed by atoms with Crippen molar-refractivity contribution in [2.75, 3.05) is 0 Å². The summed E-state index contributed by atoms with van der Waals surface area (Å²) in [4.78, 5) is 16.3. The Morgan fingerprint density at radius 2 is 2.14 bits per heavy atom. The van der Waals surface area contributed by atoms with Crippen LogP contribution in [0.25, 0.3) is 11.0 Å². The van der Waals surface area contributed by atoms with Crippen LogP contribution in [0.3, 0.4) is 0 Å². The summed E-state index contributed by atoms with van der Waals surface area (Å²) in [5, 5.41) is 10.2. The number of aromatic nitrogens is 2. The molecule has 1 N–H and O–H groups in total. The molecule has 0 amide bonds. The molecular formula is C16H21ClN2O2. The number of halogens is 1. The van der Waals surface area contributed by atoms with Gasteiger partial charge in [-0.05, 0) is 38.0 Å². The van der Waals surface area contributed by atoms with Gasteiger partial charge in [0, 0.05) is 18.0 Å². The molecule has 4 nitrogen and oxygen atoms in total. The highest BCUT2D eigenvalue weighted by atomic mass is 35.5. The van der Waals surface area contributed by atoms with Crippen molar-refractivity contribution in [2.24, 2.45) is 11.3 Å². The Morgan fingerprint density at radius 1 is 1.48 bits per heavy atom. The highest BCUT2D eigenvalue weighted by molar-refractivity contribution is 6.31. The van der Waals surface area contributed by atoms with Crippen molar-refractivity contribution in [1.82, 2.24) is 9.55 Å². The van der Waals surface area contributed by atoms with Gasteiger partial charge in [0.05, 0.1) is 16.4 Å². The largest absolute Gasteiger partial charge is 0.481 e. The number of carboxylic acid groups (broad SMARTS) is 1. The summed E-state index contributed by atoms with van der Waals surface area (Å²) in [7, 11) is 0. The molecule has 1 heterocycles. The van der Waals surface area contributed by atoms with Gasteiger partial charge in [-0.15, -0.1) is 0 Å². The Labute approximate surface area is 129 Å². The van der Waals surface area contributed by atoms with Crippen molar-refractivity contribution in [3.63, 3.8) is 0 Å². The number of carbonyl (C=O) groups is 1. The van der Waals surface area contributed by atoms with Crippen LogP contribution in [-0.4, -0.2) is 20.6 Å². The number of aliphatic carboxylic acids is 1. The van der Waals surface area contributed by atoms with Crippen molar-refractivity contribution < 1.29 is 9.90 Å². The van der Waals surface area contributed by atoms with Gasteiger partial charge in [-0.25, -0.2) is 4.98 Å². The summed E-state index contributed by atoms with van der Waals surface area (Å²) in [6.07, 6.45) is 0.403. The molecule has 1 unspecified atom stereocenters. The van der Waals surface area contributed by atoms with Gasteiger partial charge >= 0.3 is 5.97 Å². The lowest BCUT2D eigenvalue weighted by Gasteiger charge is -2.28. The number of rotatable bonds is 5. The van der Waals surface area contributed by atoms with Crippen LogP contribution < -0.4 is 0 Å². The van der Waals surface area contributed by atoms with Gasteiger partial charge in [0.15, 0.2) is 0 Å². The van der Waals surface area contributed by atoms with E-state index in [1.54, 1.807) is 6.92 Å². The minimum Gasteiger partial charge on any atom is -0.481 e. The lowest BCUT2D eigenvalue weighted by molar-refractivity contribution is -0.150. The summed E-state index contributed by atoms with van der Waals surface area (Å²) >= 11 is 6.01. The topological polar surface area (TPSA) is 55.1 Å². The van der Waals surface area contributed by atoms with Crippen LogP contribution in [0, 0.1) is 11.3 Å². The molecule has 1 aromatic carbocycles. The van der Waals surface area contributed by atoms with Crippen molar-refractivity contribution in [2.45, 2.75) is 40.7 Å². The molecule has 0 aliphatic heterocycles. The summed E-state index contributed by atoms with van der Waals surface area (Å²) in [5.74, 6) is 0.0299. The maximum absolute atomic E-state index is 11.7. The molecule has 0 saturated carbocycles. The van der Waals surface area contributed by atoms with E-state index >= 15 is 0 Å². The number of hydrogen-bond acceptors (Lipinski definition) is 2. The molecule has 0 aliphatic rings. The maximum atomic E-state index is 11.7. The van der Waals surface area contributed by atoms with Crippen LogP contribution in [0.4, 0.5) is 0 Å². The minimum atomic E-state index is -0.835. The third kappa shape index (κ3) is 2.77. The SMILES string of the molecule is CCn1c(CC(C)(C(=O)O)C(C)C)nc2cc(Cl)ccc21. The molecule has 0 aliphatic carbocycles. The monoisotopic (exact) mass is 308 g/mol. The third-order valence-corrected chi connectivity index (χ3v) is 4.63. The number of benzene rings is 1. The van der Waals surface area contributed by atoms with Gasteiger partial charge in [0.1, 0.15) is 5.82 Å². The van der Waals surface area contributed by atoms with Gasteiger partial charge in [-0.2, -0.15) is 0 Å². The minimum absolute atomic E-state index is 0.0173. The van der Waals surface area contributed by atoms with E-state index < -0.39 is 11.4 Å². The Kier molecular flexibility index (Phi) is 4.28. The molecule has 0 spiro atoms. The molecule has 1 atom stereocenters. The van der Waals surface area contributed by atoms with Crippen LogP contribution in [-0.2, 0) is 17.8 Å². The lowest BCUT2D eigenvalue weighted by atomic mass is 9.76. The zero-order chi connectivity index (χ0) is 15.8. The highest BCUT2D eigenvalue weighted by Gasteiger charge is 2.38. The first-order valence-electron chi connectivity index (χ1n) is 7.17. The fraction of sp³-hybridized carbons (Fsp3) is 0.500. The lowest BCUT2D eigenvalue weighted by Crippen LogP contribution is -2.36. The molecule has 5 heteroatoms. The summed E-state index contributed by atoms with van der Waals surface area (Å²) in [6, 6.07) is 5.59. The molecule has 114 valence electrons. The van der Waals surface area contributed by atoms with Crippen LogP contribution in [0.5, 0.6) is 0 Å². The van der Waals surface area contributed by atoms with Crippen molar-refractivity contribution in [1.29, 1.82) is 0 Å². The second-order valence-electron chi connectivity index (χ2n) is 5.96. The molecule has 0 fully saturated rings. The fourth-order valence-electron chi connectivity index (χ4n) is 2.50. The van der Waals surface area contributed by atoms with E-state index in [4.69, 9.17) is 11.6 Å². The number of imidazole rings is 1. The average Bonchev–Trinajstić information content (AvgIpc) is 2.73. The van der Waals surface area contributed by atoms with Gasteiger partial charge in [-0.1, -0.05) is 25.4 Å². The molecule has 2 rings (SSSR count). The van der Waals surface area contributed by atoms with Crippen molar-refractivity contribution in [3.8, 4) is 0 Å². The summed E-state index contributed by atoms with van der Waals surface area (Å²) < 4.78 is 2.06. The quantitative estimate of drug-likeness (QED) is 0.908. The van der Waals surface area contributed by atoms with Crippen LogP contribution >= 0.6 is 11.6 Å². The molecule has 0 saturated heterocycles. The van der Waals surface area contributed by atoms with Gasteiger partial charge in [0.25, 0.3) is 0 Å². The molecule has 21 heavy (non-hydrogen) atoms. The summed E-state index contributed by atoms with van der Waals surface area (Å²) in [5.41, 5.74) is 0.974. The van der Waals surface area contributed by atoms with E-state index in [-0.39, 0.29) is 5.92 Å². The Balaban J connectivity index is 2.53. The number of hydrogen-bond donors (Lipinski definition) is 1. The van der Waals surface area contributed by atoms with E-state index in [1.807, 2.05) is 39.0 Å². The number of nitrogens with zero attached hydrogens (tertiary/aromatic N) is 2. The maximum Gasteiger partial charge on any atom is 0.310 e. The predicted octanol–water partition coefficient (Wildman–Crippen LogP) is 4.00. The molecule has 0 bridgehead atoms. The van der Waals surface area contributed by atoms with Crippen LogP contribution in [0.2, 0.25) is 5.02 Å². The van der Waals surface area contributed by atoms with Crippen molar-refractivity contribution in [3.05, 3.63) is 29.0 Å². The standard InChI is InChI=1S/C16H21ClN2O2/c1-5-19-13-7-6-11(17)8-12(13)18-14(19)9-16(4,10(2)3)15(20)21/h6-8,10H,5,9H2,1-4H3,(H,20,21). The van der Waals surface area contributed by atoms with E-state index in [9.17, 15) is 9.90 Å². The normalized spacial score (nSPS) is 14.6. The zero-order valence-corrected chi connectivity index (χ0v) is 13.6. The molecule has 2 aromatic rings. The molecule has 1 aromatic heterocycles. The Morgan fingerprint density at radius 3 is 2.67 bits per heavy atom. The predicted molar refractivity (Wildman–Crippen MR) is 84.7 cm³/mol. The number of aryl methyl sites for hydroxylation is 1. The zero-order valence-electron chi connectivity index (χ0n) is 12.9. The Bertz CT molecular complexity index is 678. The van der Waals surface area contributed by atoms with E-state index in [0.29, 0.717) is 11.4 Å². The van der Waals surface area contributed by atoms with E-state index in [2.05, 4.69) is 9.55 Å². The van der Waals surface area contributed by atoms with Crippen LogP contribution in [0.1, 0.15) is 33.5 Å². The van der Waals surface area contributed by atoms with Gasteiger partial charge < -0.3 is 9.67 Å². The first kappa shape index (κ1) is 15.8. The Hall–Kier alpha value is -1.55.